The summed E-state index contributed by atoms with van der Waals surface area (Å²) in [5.74, 6) is -1.61. The van der Waals surface area contributed by atoms with Gasteiger partial charge in [-0.1, -0.05) is 48.0 Å². The van der Waals surface area contributed by atoms with Gasteiger partial charge in [-0.15, -0.1) is 0 Å². The van der Waals surface area contributed by atoms with Crippen molar-refractivity contribution in [1.82, 2.24) is 9.78 Å². The van der Waals surface area contributed by atoms with Crippen LogP contribution in [0.2, 0.25) is 0 Å². The van der Waals surface area contributed by atoms with Crippen LogP contribution in [0.4, 0.5) is 5.69 Å². The molecule has 9 heteroatoms. The summed E-state index contributed by atoms with van der Waals surface area (Å²) in [6, 6.07) is 23.0. The van der Waals surface area contributed by atoms with Crippen LogP contribution in [-0.4, -0.2) is 48.5 Å². The zero-order chi connectivity index (χ0) is 26.4. The van der Waals surface area contributed by atoms with Crippen molar-refractivity contribution in [2.24, 2.45) is 0 Å². The minimum atomic E-state index is -0.774. The minimum absolute atomic E-state index is 0.0849. The molecular formula is C28H25N3O6. The van der Waals surface area contributed by atoms with E-state index in [1.165, 1.54) is 18.9 Å². The quantitative estimate of drug-likeness (QED) is 0.357. The maximum atomic E-state index is 12.9. The summed E-state index contributed by atoms with van der Waals surface area (Å²) >= 11 is 0. The Hall–Kier alpha value is -4.92. The number of anilines is 1. The van der Waals surface area contributed by atoms with Crippen molar-refractivity contribution in [3.8, 4) is 22.7 Å². The molecule has 0 saturated carbocycles. The van der Waals surface area contributed by atoms with Crippen molar-refractivity contribution in [1.29, 1.82) is 0 Å². The number of aromatic nitrogens is 2. The smallest absolute Gasteiger partial charge is 0.357 e. The number of methoxy groups -OCH3 is 2. The summed E-state index contributed by atoms with van der Waals surface area (Å²) in [5.41, 5.74) is 2.61. The third-order valence-electron chi connectivity index (χ3n) is 5.49. The van der Waals surface area contributed by atoms with Gasteiger partial charge in [0.25, 0.3) is 5.91 Å². The number of carbonyl (C=O) groups is 3. The molecule has 0 fully saturated rings. The fourth-order valence-electron chi connectivity index (χ4n) is 3.71. The first-order chi connectivity index (χ1) is 17.9. The van der Waals surface area contributed by atoms with Gasteiger partial charge in [-0.05, 0) is 43.3 Å². The number of rotatable bonds is 8. The highest BCUT2D eigenvalue weighted by atomic mass is 16.5. The lowest BCUT2D eigenvalue weighted by Gasteiger charge is -2.11. The Bertz CT molecular complexity index is 1430. The first-order valence-corrected chi connectivity index (χ1v) is 11.4. The van der Waals surface area contributed by atoms with E-state index in [1.54, 1.807) is 60.7 Å². The number of hydrogen-bond acceptors (Lipinski definition) is 7. The van der Waals surface area contributed by atoms with E-state index in [0.717, 1.165) is 5.56 Å². The van der Waals surface area contributed by atoms with Crippen molar-refractivity contribution in [2.45, 2.75) is 6.92 Å². The van der Waals surface area contributed by atoms with Crippen molar-refractivity contribution in [3.63, 3.8) is 0 Å². The lowest BCUT2D eigenvalue weighted by Crippen LogP contribution is -2.20. The van der Waals surface area contributed by atoms with Crippen LogP contribution in [-0.2, 0) is 14.3 Å². The number of carbonyl (C=O) groups excluding carboxylic acids is 3. The Kier molecular flexibility index (Phi) is 7.63. The van der Waals surface area contributed by atoms with E-state index in [9.17, 15) is 14.4 Å². The molecule has 1 aromatic heterocycles. The Morgan fingerprint density at radius 1 is 0.838 bits per heavy atom. The number of aryl methyl sites for hydroxylation is 1. The van der Waals surface area contributed by atoms with Gasteiger partial charge in [-0.3, -0.25) is 4.79 Å². The molecule has 4 rings (SSSR count). The van der Waals surface area contributed by atoms with E-state index in [2.05, 4.69) is 10.4 Å². The summed E-state index contributed by atoms with van der Waals surface area (Å²) in [6.45, 7) is 1.67. The largest absolute Gasteiger partial charge is 0.483 e. The van der Waals surface area contributed by atoms with Crippen LogP contribution in [0.25, 0.3) is 16.9 Å². The molecule has 0 bridgehead atoms. The highest BCUT2D eigenvalue weighted by molar-refractivity contribution is 6.07. The van der Waals surface area contributed by atoms with Crippen LogP contribution in [0.3, 0.4) is 0 Å². The predicted octanol–water partition coefficient (Wildman–Crippen LogP) is 4.44. The Labute approximate surface area is 213 Å². The maximum Gasteiger partial charge on any atom is 0.357 e. The third kappa shape index (κ3) is 5.51. The normalized spacial score (nSPS) is 10.5. The SMILES string of the molecule is COC(=O)c1c(-c2ccccc2OCC(=O)Nc2ccc(C)cc2)nn(-c2ccccc2)c1C(=O)OC. The molecule has 0 saturated heterocycles. The predicted molar refractivity (Wildman–Crippen MR) is 137 cm³/mol. The van der Waals surface area contributed by atoms with Crippen LogP contribution < -0.4 is 10.1 Å². The zero-order valence-corrected chi connectivity index (χ0v) is 20.6. The average molecular weight is 500 g/mol. The summed E-state index contributed by atoms with van der Waals surface area (Å²) in [4.78, 5) is 38.2. The number of esters is 2. The highest BCUT2D eigenvalue weighted by Gasteiger charge is 2.32. The molecule has 4 aromatic rings. The van der Waals surface area contributed by atoms with Gasteiger partial charge in [-0.2, -0.15) is 5.10 Å². The van der Waals surface area contributed by atoms with E-state index in [1.807, 2.05) is 25.1 Å². The summed E-state index contributed by atoms with van der Waals surface area (Å²) in [5, 5.41) is 7.36. The number of nitrogens with one attached hydrogen (secondary N) is 1. The van der Waals surface area contributed by atoms with Crippen molar-refractivity contribution in [2.75, 3.05) is 26.1 Å². The van der Waals surface area contributed by atoms with E-state index < -0.39 is 11.9 Å². The number of nitrogens with zero attached hydrogens (tertiary/aromatic N) is 2. The fourth-order valence-corrected chi connectivity index (χ4v) is 3.71. The second kappa shape index (κ2) is 11.2. The van der Waals surface area contributed by atoms with Crippen molar-refractivity contribution >= 4 is 23.5 Å². The molecular weight excluding hydrogens is 474 g/mol. The van der Waals surface area contributed by atoms with Crippen LogP contribution in [0.15, 0.2) is 78.9 Å². The van der Waals surface area contributed by atoms with E-state index in [0.29, 0.717) is 22.7 Å². The molecule has 1 N–H and O–H groups in total. The summed E-state index contributed by atoms with van der Waals surface area (Å²) in [7, 11) is 2.43. The molecule has 188 valence electrons. The molecule has 0 unspecified atom stereocenters. The molecule has 1 heterocycles. The number of benzene rings is 3. The Morgan fingerprint density at radius 3 is 2.16 bits per heavy atom. The van der Waals surface area contributed by atoms with Crippen LogP contribution in [0, 0.1) is 6.92 Å². The van der Waals surface area contributed by atoms with Gasteiger partial charge in [0.2, 0.25) is 0 Å². The van der Waals surface area contributed by atoms with Gasteiger partial charge in [0, 0.05) is 11.3 Å². The molecule has 0 aliphatic carbocycles. The molecule has 0 aliphatic rings. The maximum absolute atomic E-state index is 12.9. The van der Waals surface area contributed by atoms with Crippen molar-refractivity contribution < 1.29 is 28.6 Å². The van der Waals surface area contributed by atoms with E-state index >= 15 is 0 Å². The molecule has 1 amide bonds. The molecule has 0 spiro atoms. The molecule has 0 aliphatic heterocycles. The van der Waals surface area contributed by atoms with Crippen LogP contribution in [0.1, 0.15) is 26.4 Å². The fraction of sp³-hybridized carbons (Fsp3) is 0.143. The molecule has 0 atom stereocenters. The second-order valence-electron chi connectivity index (χ2n) is 8.00. The standard InChI is InChI=1S/C28H25N3O6/c1-18-13-15-19(16-14-18)29-23(32)17-37-22-12-8-7-11-21(22)25-24(27(33)35-2)26(28(34)36-3)31(30-25)20-9-5-4-6-10-20/h4-16H,17H2,1-3H3,(H,29,32). The average Bonchev–Trinajstić information content (AvgIpc) is 3.33. The molecule has 9 nitrogen and oxygen atoms in total. The molecule has 0 radical (unpaired) electrons. The third-order valence-corrected chi connectivity index (χ3v) is 5.49. The van der Waals surface area contributed by atoms with Gasteiger partial charge >= 0.3 is 11.9 Å². The van der Waals surface area contributed by atoms with Crippen LogP contribution >= 0.6 is 0 Å². The number of para-hydroxylation sites is 2. The molecule has 37 heavy (non-hydrogen) atoms. The monoisotopic (exact) mass is 499 g/mol. The lowest BCUT2D eigenvalue weighted by molar-refractivity contribution is -0.118. The second-order valence-corrected chi connectivity index (χ2v) is 8.00. The van der Waals surface area contributed by atoms with Gasteiger partial charge in [0.05, 0.1) is 19.9 Å². The van der Waals surface area contributed by atoms with Crippen LogP contribution in [0.5, 0.6) is 5.75 Å². The highest BCUT2D eigenvalue weighted by Crippen LogP contribution is 2.35. The Balaban J connectivity index is 1.73. The van der Waals surface area contributed by atoms with Gasteiger partial charge in [0.1, 0.15) is 17.0 Å². The minimum Gasteiger partial charge on any atom is -0.483 e. The van der Waals surface area contributed by atoms with Gasteiger partial charge in [0.15, 0.2) is 12.3 Å². The molecule has 3 aromatic carbocycles. The lowest BCUT2D eigenvalue weighted by atomic mass is 10.0. The number of hydrogen-bond donors (Lipinski definition) is 1. The Morgan fingerprint density at radius 2 is 1.49 bits per heavy atom. The van der Waals surface area contributed by atoms with Gasteiger partial charge in [-0.25, -0.2) is 14.3 Å². The van der Waals surface area contributed by atoms with E-state index in [-0.39, 0.29) is 29.5 Å². The first-order valence-electron chi connectivity index (χ1n) is 11.4. The summed E-state index contributed by atoms with van der Waals surface area (Å²) in [6.07, 6.45) is 0. The first kappa shape index (κ1) is 25.2. The zero-order valence-electron chi connectivity index (χ0n) is 20.6. The van der Waals surface area contributed by atoms with E-state index in [4.69, 9.17) is 14.2 Å². The summed E-state index contributed by atoms with van der Waals surface area (Å²) < 4.78 is 17.1. The number of amides is 1. The van der Waals surface area contributed by atoms with Crippen molar-refractivity contribution in [3.05, 3.63) is 95.7 Å². The topological polar surface area (TPSA) is 109 Å². The van der Waals surface area contributed by atoms with Gasteiger partial charge < -0.3 is 19.5 Å². The number of ether oxygens (including phenoxy) is 3.